The third-order valence-electron chi connectivity index (χ3n) is 11.8. The van der Waals surface area contributed by atoms with Crippen LogP contribution in [-0.2, 0) is 40.5 Å². The number of hydrogen-bond acceptors (Lipinski definition) is 20. The normalized spacial score (nSPS) is 12.7. The largest absolute Gasteiger partial charge is 0.505 e. The number of azo groups is 4. The zero-order chi connectivity index (χ0) is 56.6. The van der Waals surface area contributed by atoms with Crippen molar-refractivity contribution in [3.05, 3.63) is 138 Å². The number of benzene rings is 8. The van der Waals surface area contributed by atoms with Crippen LogP contribution < -0.4 is 14.8 Å². The topological polar surface area (TPSA) is 367 Å². The van der Waals surface area contributed by atoms with Crippen molar-refractivity contribution in [1.82, 2.24) is 0 Å². The fraction of sp³-hybridized carbons (Fsp3) is 0.120. The standard InChI is InChI=1S/C50H43N9O15S4/c1-26-15-34(8-12-39(26)54-52-33-9-13-40(27(2)16-33)55-58-44-25-38-31(21-47(44)77(67,68)69)20-36(75(61,62)63)24-46(38)76(64,65)66)53-56-42-17-29(4)43(18-28(42)3)57-59-49-48(78(70,71)72)22-30-19-32(7-11-37(30)50(49)60)51-41-14-10-35(73-5)23-45(41)74-6/h7-25,51,60H,1-6H3,(H,61,62,63)(H,64,65,66)(H,67,68,69)(H,70,71,72). The minimum Gasteiger partial charge on any atom is -0.505 e. The molecule has 0 aliphatic carbocycles. The second-order valence-electron chi connectivity index (χ2n) is 17.2. The van der Waals surface area contributed by atoms with Crippen LogP contribution >= 0.6 is 0 Å². The van der Waals surface area contributed by atoms with Gasteiger partial charge in [-0.15, -0.1) is 10.2 Å². The Balaban J connectivity index is 0.974. The van der Waals surface area contributed by atoms with Gasteiger partial charge in [-0.05, 0) is 170 Å². The summed E-state index contributed by atoms with van der Waals surface area (Å²) in [6.45, 7) is 6.90. The Labute approximate surface area is 445 Å². The van der Waals surface area contributed by atoms with Gasteiger partial charge in [0.05, 0.1) is 58.9 Å². The molecular weight excluding hydrogens is 1090 g/mol. The lowest BCUT2D eigenvalue weighted by Gasteiger charge is -2.14. The molecule has 6 N–H and O–H groups in total. The average Bonchev–Trinajstić information content (AvgIpc) is 3.44. The maximum absolute atomic E-state index is 12.7. The molecular formula is C50H43N9O15S4. The summed E-state index contributed by atoms with van der Waals surface area (Å²) in [5.41, 5.74) is 4.75. The van der Waals surface area contributed by atoms with E-state index in [1.807, 2.05) is 0 Å². The lowest BCUT2D eigenvalue weighted by atomic mass is 10.1. The summed E-state index contributed by atoms with van der Waals surface area (Å²) in [5.74, 6) is 0.532. The van der Waals surface area contributed by atoms with Crippen molar-refractivity contribution in [3.8, 4) is 17.2 Å². The Morgan fingerprint density at radius 3 is 1.47 bits per heavy atom. The van der Waals surface area contributed by atoms with Crippen LogP contribution in [0.15, 0.2) is 176 Å². The van der Waals surface area contributed by atoms with Gasteiger partial charge in [0.25, 0.3) is 40.5 Å². The molecule has 0 aliphatic rings. The predicted molar refractivity (Wildman–Crippen MR) is 287 cm³/mol. The molecule has 402 valence electrons. The monoisotopic (exact) mass is 1140 g/mol. The summed E-state index contributed by atoms with van der Waals surface area (Å²) < 4.78 is 148. The number of nitrogens with zero attached hydrogens (tertiary/aromatic N) is 8. The van der Waals surface area contributed by atoms with Crippen LogP contribution in [-0.4, -0.2) is 71.2 Å². The molecule has 0 bridgehead atoms. The SMILES string of the molecule is COc1ccc(Nc2ccc3c(O)c(N=Nc4cc(C)c(N=Nc5ccc(N=Nc6ccc(N=Nc7cc8c(S(=O)(=O)O)cc(S(=O)(=O)O)cc8cc7S(=O)(=O)O)c(C)c6)c(C)c5)cc4C)c(S(=O)(=O)O)cc3c2)c(OC)c1. The molecule has 0 fully saturated rings. The van der Waals surface area contributed by atoms with Gasteiger partial charge in [-0.1, -0.05) is 0 Å². The Kier molecular flexibility index (Phi) is 15.4. The lowest BCUT2D eigenvalue weighted by Crippen LogP contribution is -2.05. The van der Waals surface area contributed by atoms with E-state index in [2.05, 4.69) is 46.2 Å². The first-order valence-electron chi connectivity index (χ1n) is 22.4. The van der Waals surface area contributed by atoms with Crippen LogP contribution in [0, 0.1) is 27.7 Å². The Morgan fingerprint density at radius 2 is 0.936 bits per heavy atom. The van der Waals surface area contributed by atoms with Crippen LogP contribution in [0.4, 0.5) is 56.9 Å². The molecule has 0 radical (unpaired) electrons. The molecule has 0 heterocycles. The highest BCUT2D eigenvalue weighted by molar-refractivity contribution is 7.87. The van der Waals surface area contributed by atoms with Crippen LogP contribution in [0.25, 0.3) is 21.5 Å². The van der Waals surface area contributed by atoms with E-state index >= 15 is 0 Å². The molecule has 8 aromatic rings. The van der Waals surface area contributed by atoms with E-state index in [1.165, 1.54) is 32.4 Å². The minimum atomic E-state index is -5.15. The van der Waals surface area contributed by atoms with E-state index < -0.39 is 88.0 Å². The molecule has 0 aromatic heterocycles. The number of phenols is 1. The van der Waals surface area contributed by atoms with Crippen molar-refractivity contribution in [1.29, 1.82) is 0 Å². The van der Waals surface area contributed by atoms with E-state index in [9.17, 15) is 57.0 Å². The molecule has 0 aliphatic heterocycles. The fourth-order valence-electron chi connectivity index (χ4n) is 7.81. The second-order valence-corrected chi connectivity index (χ2v) is 22.8. The van der Waals surface area contributed by atoms with Gasteiger partial charge in [0, 0.05) is 22.5 Å². The quantitative estimate of drug-likeness (QED) is 0.0387. The maximum Gasteiger partial charge on any atom is 0.296 e. The van der Waals surface area contributed by atoms with Crippen molar-refractivity contribution in [2.24, 2.45) is 40.9 Å². The lowest BCUT2D eigenvalue weighted by molar-refractivity contribution is 0.395. The van der Waals surface area contributed by atoms with Crippen LogP contribution in [0.2, 0.25) is 0 Å². The van der Waals surface area contributed by atoms with Crippen LogP contribution in [0.5, 0.6) is 17.2 Å². The number of anilines is 2. The van der Waals surface area contributed by atoms with E-state index in [4.69, 9.17) is 9.47 Å². The summed E-state index contributed by atoms with van der Waals surface area (Å²) in [5, 5.41) is 48.0. The average molecular weight is 1140 g/mol. The van der Waals surface area contributed by atoms with Gasteiger partial charge in [0.2, 0.25) is 0 Å². The second kappa shape index (κ2) is 21.5. The molecule has 0 amide bonds. The van der Waals surface area contributed by atoms with Gasteiger partial charge in [-0.25, -0.2) is 0 Å². The Hall–Kier alpha value is -8.48. The summed E-state index contributed by atoms with van der Waals surface area (Å²) in [7, 11) is -17.1. The number of hydrogen-bond donors (Lipinski definition) is 6. The van der Waals surface area contributed by atoms with Gasteiger partial charge < -0.3 is 19.9 Å². The molecule has 8 aromatic carbocycles. The molecule has 28 heteroatoms. The van der Waals surface area contributed by atoms with Crippen molar-refractivity contribution in [3.63, 3.8) is 0 Å². The molecule has 0 saturated heterocycles. The smallest absolute Gasteiger partial charge is 0.296 e. The number of aromatic hydroxyl groups is 1. The van der Waals surface area contributed by atoms with Gasteiger partial charge in [0.1, 0.15) is 37.6 Å². The van der Waals surface area contributed by atoms with Crippen molar-refractivity contribution < 1.29 is 66.5 Å². The van der Waals surface area contributed by atoms with Gasteiger partial charge in [-0.2, -0.15) is 64.4 Å². The summed E-state index contributed by atoms with van der Waals surface area (Å²) >= 11 is 0. The zero-order valence-electron chi connectivity index (χ0n) is 41.5. The highest BCUT2D eigenvalue weighted by Gasteiger charge is 2.26. The number of aryl methyl sites for hydroxylation is 4. The first kappa shape index (κ1) is 55.7. The number of rotatable bonds is 16. The molecule has 0 unspecified atom stereocenters. The van der Waals surface area contributed by atoms with Crippen LogP contribution in [0.3, 0.4) is 0 Å². The molecule has 78 heavy (non-hydrogen) atoms. The zero-order valence-corrected chi connectivity index (χ0v) is 44.8. The third kappa shape index (κ3) is 12.4. The first-order valence-corrected chi connectivity index (χ1v) is 28.2. The molecule has 0 saturated carbocycles. The third-order valence-corrected chi connectivity index (χ3v) is 15.3. The van der Waals surface area contributed by atoms with Gasteiger partial charge >= 0.3 is 0 Å². The van der Waals surface area contributed by atoms with E-state index in [0.29, 0.717) is 85.7 Å². The maximum atomic E-state index is 12.7. The van der Waals surface area contributed by atoms with Crippen molar-refractivity contribution in [2.45, 2.75) is 47.3 Å². The molecule has 8 rings (SSSR count). The molecule has 0 spiro atoms. The number of phenolic OH excluding ortho intramolecular Hbond substituents is 1. The number of methoxy groups -OCH3 is 2. The summed E-state index contributed by atoms with van der Waals surface area (Å²) in [4.78, 5) is -3.52. The van der Waals surface area contributed by atoms with Gasteiger partial charge in [0.15, 0.2) is 5.75 Å². The summed E-state index contributed by atoms with van der Waals surface area (Å²) in [6, 6.07) is 27.0. The number of nitrogens with one attached hydrogen (secondary N) is 1. The van der Waals surface area contributed by atoms with Gasteiger partial charge in [-0.3, -0.25) is 18.2 Å². The van der Waals surface area contributed by atoms with E-state index in [0.717, 1.165) is 12.1 Å². The summed E-state index contributed by atoms with van der Waals surface area (Å²) in [6.07, 6.45) is 0. The number of fused-ring (bicyclic) bond motifs is 2. The van der Waals surface area contributed by atoms with E-state index in [1.54, 1.807) is 100 Å². The Bertz CT molecular complexity index is 4400. The fourth-order valence-corrected chi connectivity index (χ4v) is 10.5. The highest BCUT2D eigenvalue weighted by atomic mass is 32.2. The first-order chi connectivity index (χ1) is 36.6. The number of ether oxygens (including phenoxy) is 2. The highest BCUT2D eigenvalue weighted by Crippen LogP contribution is 2.44. The van der Waals surface area contributed by atoms with Crippen molar-refractivity contribution >= 4 is 119 Å². The minimum absolute atomic E-state index is 0.190. The van der Waals surface area contributed by atoms with E-state index in [-0.39, 0.29) is 16.5 Å². The predicted octanol–water partition coefficient (Wildman–Crippen LogP) is 13.3. The Morgan fingerprint density at radius 1 is 0.423 bits per heavy atom. The molecule has 24 nitrogen and oxygen atoms in total. The van der Waals surface area contributed by atoms with Crippen molar-refractivity contribution in [2.75, 3.05) is 19.5 Å². The molecule has 0 atom stereocenters. The van der Waals surface area contributed by atoms with Crippen LogP contribution in [0.1, 0.15) is 22.3 Å².